The second-order valence-electron chi connectivity index (χ2n) is 5.01. The maximum atomic E-state index is 12.4. The molecule has 2 heterocycles. The molecule has 0 saturated heterocycles. The number of fused-ring (bicyclic) bond motifs is 1. The highest BCUT2D eigenvalue weighted by atomic mass is 16.5. The fraction of sp³-hybridized carbons (Fsp3) is 0.250. The Labute approximate surface area is 127 Å². The number of hydrogen-bond donors (Lipinski definition) is 1. The lowest BCUT2D eigenvalue weighted by Crippen LogP contribution is -2.28. The average Bonchev–Trinajstić information content (AvgIpc) is 3.16. The van der Waals surface area contributed by atoms with E-state index >= 15 is 0 Å². The minimum atomic E-state index is -0.232. The molecule has 0 atom stereocenters. The predicted molar refractivity (Wildman–Crippen MR) is 81.0 cm³/mol. The van der Waals surface area contributed by atoms with Crippen LogP contribution in [-0.2, 0) is 16.0 Å². The van der Waals surface area contributed by atoms with Gasteiger partial charge in [0.1, 0.15) is 6.61 Å². The molecule has 1 aliphatic rings. The van der Waals surface area contributed by atoms with Gasteiger partial charge in [-0.25, -0.2) is 0 Å². The summed E-state index contributed by atoms with van der Waals surface area (Å²) in [5.41, 5.74) is 2.52. The van der Waals surface area contributed by atoms with E-state index in [0.717, 1.165) is 17.7 Å². The minimum absolute atomic E-state index is 0.00781. The topological polar surface area (TPSA) is 71.8 Å². The summed E-state index contributed by atoms with van der Waals surface area (Å²) in [5.74, 6) is -0.102. The molecule has 0 spiro atoms. The maximum absolute atomic E-state index is 12.4. The van der Waals surface area contributed by atoms with Crippen molar-refractivity contribution in [2.24, 2.45) is 0 Å². The van der Waals surface area contributed by atoms with Gasteiger partial charge in [0, 0.05) is 25.0 Å². The van der Waals surface area contributed by atoms with E-state index in [0.29, 0.717) is 18.0 Å². The Bertz CT molecular complexity index is 694. The quantitative estimate of drug-likeness (QED) is 0.938. The standard InChI is InChI=1S/C16H16N2O4/c1-21-10-15(19)17-12-5-4-11-6-7-18(13(11)9-12)16(20)14-3-2-8-22-14/h2-5,8-9H,6-7,10H2,1H3,(H,17,19). The Kier molecular flexibility index (Phi) is 3.93. The van der Waals surface area contributed by atoms with Gasteiger partial charge in [0.05, 0.1) is 6.26 Å². The molecule has 1 aromatic carbocycles. The molecule has 0 saturated carbocycles. The van der Waals surface area contributed by atoms with Crippen molar-refractivity contribution in [3.63, 3.8) is 0 Å². The van der Waals surface area contributed by atoms with Gasteiger partial charge in [-0.3, -0.25) is 9.59 Å². The summed E-state index contributed by atoms with van der Waals surface area (Å²) in [5, 5.41) is 2.74. The Morgan fingerprint density at radius 3 is 2.95 bits per heavy atom. The molecule has 2 aromatic rings. The zero-order chi connectivity index (χ0) is 15.5. The number of anilines is 2. The van der Waals surface area contributed by atoms with Crippen LogP contribution < -0.4 is 10.2 Å². The van der Waals surface area contributed by atoms with Gasteiger partial charge in [-0.1, -0.05) is 6.07 Å². The summed E-state index contributed by atoms with van der Waals surface area (Å²) in [6.45, 7) is 0.594. The molecule has 0 unspecified atom stereocenters. The average molecular weight is 300 g/mol. The summed E-state index contributed by atoms with van der Waals surface area (Å²) >= 11 is 0. The van der Waals surface area contributed by atoms with Crippen molar-refractivity contribution in [2.75, 3.05) is 30.5 Å². The molecule has 0 fully saturated rings. The lowest BCUT2D eigenvalue weighted by Gasteiger charge is -2.16. The molecule has 0 aliphatic carbocycles. The summed E-state index contributed by atoms with van der Waals surface area (Å²) in [6.07, 6.45) is 2.26. The van der Waals surface area contributed by atoms with Gasteiger partial charge in [0.25, 0.3) is 5.91 Å². The van der Waals surface area contributed by atoms with Gasteiger partial charge >= 0.3 is 0 Å². The molecule has 3 rings (SSSR count). The third kappa shape index (κ3) is 2.73. The van der Waals surface area contributed by atoms with E-state index in [2.05, 4.69) is 5.32 Å². The molecule has 2 amide bonds. The van der Waals surface area contributed by atoms with Gasteiger partial charge in [0.15, 0.2) is 5.76 Å². The van der Waals surface area contributed by atoms with Crippen molar-refractivity contribution in [2.45, 2.75) is 6.42 Å². The number of amides is 2. The van der Waals surface area contributed by atoms with E-state index in [1.807, 2.05) is 12.1 Å². The lowest BCUT2D eigenvalue weighted by atomic mass is 10.1. The fourth-order valence-corrected chi connectivity index (χ4v) is 2.53. The van der Waals surface area contributed by atoms with Crippen LogP contribution >= 0.6 is 0 Å². The first-order valence-corrected chi connectivity index (χ1v) is 6.96. The number of methoxy groups -OCH3 is 1. The molecule has 0 radical (unpaired) electrons. The van der Waals surface area contributed by atoms with Crippen LogP contribution in [0, 0.1) is 0 Å². The number of benzene rings is 1. The molecule has 6 heteroatoms. The second kappa shape index (κ2) is 6.03. The van der Waals surface area contributed by atoms with Gasteiger partial charge in [-0.05, 0) is 36.2 Å². The highest BCUT2D eigenvalue weighted by Crippen LogP contribution is 2.32. The van der Waals surface area contributed by atoms with Crippen molar-refractivity contribution in [3.8, 4) is 0 Å². The molecular weight excluding hydrogens is 284 g/mol. The maximum Gasteiger partial charge on any atom is 0.293 e. The van der Waals surface area contributed by atoms with Crippen LogP contribution in [0.1, 0.15) is 16.1 Å². The number of rotatable bonds is 4. The van der Waals surface area contributed by atoms with Crippen LogP contribution in [0.2, 0.25) is 0 Å². The number of carbonyl (C=O) groups excluding carboxylic acids is 2. The number of nitrogens with one attached hydrogen (secondary N) is 1. The van der Waals surface area contributed by atoms with E-state index in [9.17, 15) is 9.59 Å². The Balaban J connectivity index is 1.83. The molecule has 1 N–H and O–H groups in total. The normalized spacial score (nSPS) is 13.0. The Hall–Kier alpha value is -2.60. The van der Waals surface area contributed by atoms with E-state index < -0.39 is 0 Å². The van der Waals surface area contributed by atoms with E-state index in [-0.39, 0.29) is 18.4 Å². The predicted octanol–water partition coefficient (Wildman–Crippen LogP) is 2.07. The van der Waals surface area contributed by atoms with Gasteiger partial charge < -0.3 is 19.4 Å². The highest BCUT2D eigenvalue weighted by molar-refractivity contribution is 6.06. The van der Waals surface area contributed by atoms with Crippen LogP contribution in [0.3, 0.4) is 0 Å². The summed E-state index contributed by atoms with van der Waals surface area (Å²) < 4.78 is 9.96. The second-order valence-corrected chi connectivity index (χ2v) is 5.01. The Morgan fingerprint density at radius 1 is 1.36 bits per heavy atom. The highest BCUT2D eigenvalue weighted by Gasteiger charge is 2.27. The van der Waals surface area contributed by atoms with Crippen molar-refractivity contribution >= 4 is 23.2 Å². The first kappa shape index (κ1) is 14.3. The van der Waals surface area contributed by atoms with E-state index in [4.69, 9.17) is 9.15 Å². The third-order valence-corrected chi connectivity index (χ3v) is 3.52. The van der Waals surface area contributed by atoms with Crippen molar-refractivity contribution in [3.05, 3.63) is 47.9 Å². The van der Waals surface area contributed by atoms with Crippen LogP contribution in [0.4, 0.5) is 11.4 Å². The molecule has 6 nitrogen and oxygen atoms in total. The van der Waals surface area contributed by atoms with Crippen LogP contribution in [0.15, 0.2) is 41.0 Å². The van der Waals surface area contributed by atoms with Crippen molar-refractivity contribution < 1.29 is 18.7 Å². The summed E-state index contributed by atoms with van der Waals surface area (Å²) in [6, 6.07) is 8.88. The minimum Gasteiger partial charge on any atom is -0.459 e. The number of ether oxygens (including phenoxy) is 1. The lowest BCUT2D eigenvalue weighted by molar-refractivity contribution is -0.119. The van der Waals surface area contributed by atoms with Crippen LogP contribution in [-0.4, -0.2) is 32.1 Å². The molecule has 1 aromatic heterocycles. The SMILES string of the molecule is COCC(=O)Nc1ccc2c(c1)N(C(=O)c1ccco1)CC2. The van der Waals surface area contributed by atoms with Crippen LogP contribution in [0.25, 0.3) is 0 Å². The smallest absolute Gasteiger partial charge is 0.293 e. The first-order valence-electron chi connectivity index (χ1n) is 6.96. The number of hydrogen-bond acceptors (Lipinski definition) is 4. The largest absolute Gasteiger partial charge is 0.459 e. The molecule has 0 bridgehead atoms. The van der Waals surface area contributed by atoms with E-state index in [1.165, 1.54) is 13.4 Å². The number of nitrogens with zero attached hydrogens (tertiary/aromatic N) is 1. The number of carbonyl (C=O) groups is 2. The van der Waals surface area contributed by atoms with Gasteiger partial charge in [-0.15, -0.1) is 0 Å². The van der Waals surface area contributed by atoms with Crippen LogP contribution in [0.5, 0.6) is 0 Å². The molecule has 114 valence electrons. The molecule has 1 aliphatic heterocycles. The van der Waals surface area contributed by atoms with Crippen molar-refractivity contribution in [1.29, 1.82) is 0 Å². The summed E-state index contributed by atoms with van der Waals surface area (Å²) in [7, 11) is 1.46. The Morgan fingerprint density at radius 2 is 2.23 bits per heavy atom. The van der Waals surface area contributed by atoms with Crippen molar-refractivity contribution in [1.82, 2.24) is 0 Å². The monoisotopic (exact) mass is 300 g/mol. The summed E-state index contributed by atoms with van der Waals surface area (Å²) in [4.78, 5) is 25.7. The number of furan rings is 1. The third-order valence-electron chi connectivity index (χ3n) is 3.52. The molecular formula is C16H16N2O4. The first-order chi connectivity index (χ1) is 10.7. The van der Waals surface area contributed by atoms with E-state index in [1.54, 1.807) is 23.1 Å². The zero-order valence-corrected chi connectivity index (χ0v) is 12.2. The van der Waals surface area contributed by atoms with Gasteiger partial charge in [0.2, 0.25) is 5.91 Å². The zero-order valence-electron chi connectivity index (χ0n) is 12.2. The fourth-order valence-electron chi connectivity index (χ4n) is 2.53. The van der Waals surface area contributed by atoms with Gasteiger partial charge in [-0.2, -0.15) is 0 Å². The molecule has 22 heavy (non-hydrogen) atoms.